The van der Waals surface area contributed by atoms with Crippen molar-refractivity contribution in [2.75, 3.05) is 24.5 Å². The second-order valence-corrected chi connectivity index (χ2v) is 7.68. The van der Waals surface area contributed by atoms with E-state index in [1.165, 1.54) is 12.3 Å². The van der Waals surface area contributed by atoms with E-state index in [2.05, 4.69) is 9.71 Å². The van der Waals surface area contributed by atoms with Crippen molar-refractivity contribution in [3.63, 3.8) is 0 Å². The van der Waals surface area contributed by atoms with Crippen molar-refractivity contribution in [3.8, 4) is 0 Å². The molecule has 8 heteroatoms. The summed E-state index contributed by atoms with van der Waals surface area (Å²) in [6.45, 7) is 1.51. The highest BCUT2D eigenvalue weighted by molar-refractivity contribution is 7.89. The summed E-state index contributed by atoms with van der Waals surface area (Å²) in [5.74, 6) is -0.0964. The summed E-state index contributed by atoms with van der Waals surface area (Å²) in [5, 5.41) is 9.00. The number of carboxylic acids is 1. The summed E-state index contributed by atoms with van der Waals surface area (Å²) in [4.78, 5) is 17.2. The summed E-state index contributed by atoms with van der Waals surface area (Å²) < 4.78 is 26.8. The van der Waals surface area contributed by atoms with Gasteiger partial charge in [0.1, 0.15) is 10.7 Å². The quantitative estimate of drug-likeness (QED) is 0.798. The number of carbonyl (C=O) groups is 1. The Hall–Kier alpha value is -1.67. The largest absolute Gasteiger partial charge is 0.481 e. The van der Waals surface area contributed by atoms with Gasteiger partial charge in [-0.15, -0.1) is 0 Å². The van der Waals surface area contributed by atoms with Crippen LogP contribution in [0.5, 0.6) is 0 Å². The maximum Gasteiger partial charge on any atom is 0.308 e. The zero-order valence-electron chi connectivity index (χ0n) is 12.1. The highest BCUT2D eigenvalue weighted by Gasteiger charge is 2.29. The number of hydrogen-bond acceptors (Lipinski definition) is 5. The van der Waals surface area contributed by atoms with E-state index in [0.29, 0.717) is 37.8 Å². The molecule has 1 saturated heterocycles. The van der Waals surface area contributed by atoms with Crippen LogP contribution in [0.2, 0.25) is 0 Å². The molecule has 1 unspecified atom stereocenters. The lowest BCUT2D eigenvalue weighted by Gasteiger charge is -2.17. The van der Waals surface area contributed by atoms with E-state index >= 15 is 0 Å². The number of sulfonamides is 1. The molecule has 0 amide bonds. The molecule has 1 atom stereocenters. The van der Waals surface area contributed by atoms with Crippen molar-refractivity contribution < 1.29 is 18.3 Å². The first-order valence-corrected chi connectivity index (χ1v) is 8.87. The second kappa shape index (κ2) is 5.85. The van der Waals surface area contributed by atoms with Crippen LogP contribution in [0.25, 0.3) is 0 Å². The number of anilines is 1. The van der Waals surface area contributed by atoms with Gasteiger partial charge in [-0.3, -0.25) is 4.79 Å². The molecular formula is C14H19N3O4S. The summed E-state index contributed by atoms with van der Waals surface area (Å²) >= 11 is 0. The van der Waals surface area contributed by atoms with E-state index in [1.54, 1.807) is 6.07 Å². The van der Waals surface area contributed by atoms with E-state index in [4.69, 9.17) is 5.11 Å². The van der Waals surface area contributed by atoms with Gasteiger partial charge in [0.15, 0.2) is 0 Å². The van der Waals surface area contributed by atoms with Crippen LogP contribution in [-0.2, 0) is 14.8 Å². The molecule has 2 N–H and O–H groups in total. The van der Waals surface area contributed by atoms with Gasteiger partial charge < -0.3 is 10.0 Å². The smallest absolute Gasteiger partial charge is 0.308 e. The van der Waals surface area contributed by atoms with Crippen LogP contribution in [0, 0.1) is 11.8 Å². The fourth-order valence-electron chi connectivity index (χ4n) is 2.52. The molecule has 22 heavy (non-hydrogen) atoms. The van der Waals surface area contributed by atoms with Crippen LogP contribution in [-0.4, -0.2) is 44.1 Å². The minimum absolute atomic E-state index is 0.144. The maximum atomic E-state index is 12.1. The van der Waals surface area contributed by atoms with Crippen molar-refractivity contribution in [3.05, 3.63) is 18.3 Å². The van der Waals surface area contributed by atoms with Crippen molar-refractivity contribution >= 4 is 21.8 Å². The van der Waals surface area contributed by atoms with Crippen molar-refractivity contribution in [2.45, 2.75) is 24.2 Å². The molecule has 1 aliphatic carbocycles. The Labute approximate surface area is 129 Å². The summed E-state index contributed by atoms with van der Waals surface area (Å²) in [7, 11) is -3.50. The molecular weight excluding hydrogens is 306 g/mol. The molecule has 1 aromatic heterocycles. The van der Waals surface area contributed by atoms with E-state index in [9.17, 15) is 13.2 Å². The van der Waals surface area contributed by atoms with Gasteiger partial charge in [-0.2, -0.15) is 0 Å². The summed E-state index contributed by atoms with van der Waals surface area (Å²) in [6, 6.07) is 3.15. The van der Waals surface area contributed by atoms with Gasteiger partial charge in [0, 0.05) is 25.8 Å². The first-order valence-electron chi connectivity index (χ1n) is 7.39. The van der Waals surface area contributed by atoms with Crippen LogP contribution in [0.3, 0.4) is 0 Å². The van der Waals surface area contributed by atoms with Gasteiger partial charge in [-0.05, 0) is 37.3 Å². The molecule has 0 aromatic carbocycles. The molecule has 1 aromatic rings. The Balaban J connectivity index is 1.66. The third-order valence-corrected chi connectivity index (χ3v) is 5.56. The second-order valence-electron chi connectivity index (χ2n) is 5.92. The van der Waals surface area contributed by atoms with E-state index < -0.39 is 16.0 Å². The first kappa shape index (κ1) is 15.2. The average Bonchev–Trinajstić information content (AvgIpc) is 3.19. The van der Waals surface area contributed by atoms with Crippen LogP contribution in [0.4, 0.5) is 5.82 Å². The van der Waals surface area contributed by atoms with Crippen LogP contribution in [0.1, 0.15) is 19.3 Å². The van der Waals surface area contributed by atoms with Gasteiger partial charge in [0.2, 0.25) is 10.0 Å². The standard InChI is InChI=1S/C14H19N3O4S/c18-14(19)11-5-6-17(9-11)13-4-3-12(8-15-13)22(20,21)16-7-10-1-2-10/h3-4,8,10-11,16H,1-2,5-7,9H2,(H,18,19). The van der Waals surface area contributed by atoms with Gasteiger partial charge in [0.05, 0.1) is 5.92 Å². The number of pyridine rings is 1. The highest BCUT2D eigenvalue weighted by atomic mass is 32.2. The van der Waals surface area contributed by atoms with Crippen LogP contribution in [0.15, 0.2) is 23.2 Å². The number of hydrogen-bond donors (Lipinski definition) is 2. The van der Waals surface area contributed by atoms with Gasteiger partial charge >= 0.3 is 5.97 Å². The topological polar surface area (TPSA) is 99.6 Å². The molecule has 0 radical (unpaired) electrons. The molecule has 1 saturated carbocycles. The molecule has 0 bridgehead atoms. The van der Waals surface area contributed by atoms with Crippen molar-refractivity contribution in [2.24, 2.45) is 11.8 Å². The monoisotopic (exact) mass is 325 g/mol. The Morgan fingerprint density at radius 2 is 2.14 bits per heavy atom. The fraction of sp³-hybridized carbons (Fsp3) is 0.571. The molecule has 120 valence electrons. The molecule has 2 heterocycles. The molecule has 3 rings (SSSR count). The molecule has 1 aliphatic heterocycles. The number of nitrogens with one attached hydrogen (secondary N) is 1. The third kappa shape index (κ3) is 3.38. The SMILES string of the molecule is O=C(O)C1CCN(c2ccc(S(=O)(=O)NCC3CC3)cn2)C1. The zero-order valence-corrected chi connectivity index (χ0v) is 12.9. The Morgan fingerprint density at radius 3 is 2.68 bits per heavy atom. The molecule has 7 nitrogen and oxygen atoms in total. The maximum absolute atomic E-state index is 12.1. The summed E-state index contributed by atoms with van der Waals surface area (Å²) in [5.41, 5.74) is 0. The first-order chi connectivity index (χ1) is 10.5. The molecule has 0 spiro atoms. The normalized spacial score (nSPS) is 22.0. The lowest BCUT2D eigenvalue weighted by Crippen LogP contribution is -2.26. The summed E-state index contributed by atoms with van der Waals surface area (Å²) in [6.07, 6.45) is 4.08. The van der Waals surface area contributed by atoms with Crippen molar-refractivity contribution in [1.82, 2.24) is 9.71 Å². The number of aliphatic carboxylic acids is 1. The van der Waals surface area contributed by atoms with E-state index in [-0.39, 0.29) is 10.8 Å². The number of aromatic nitrogens is 1. The number of nitrogens with zero attached hydrogens (tertiary/aromatic N) is 2. The van der Waals surface area contributed by atoms with E-state index in [1.807, 2.05) is 4.90 Å². The Kier molecular flexibility index (Phi) is 4.05. The third-order valence-electron chi connectivity index (χ3n) is 4.15. The fourth-order valence-corrected chi connectivity index (χ4v) is 3.58. The predicted octanol–water partition coefficient (Wildman–Crippen LogP) is 0.681. The lowest BCUT2D eigenvalue weighted by atomic mass is 10.1. The minimum atomic E-state index is -3.50. The van der Waals surface area contributed by atoms with Gasteiger partial charge in [-0.1, -0.05) is 0 Å². The van der Waals surface area contributed by atoms with E-state index in [0.717, 1.165) is 12.8 Å². The lowest BCUT2D eigenvalue weighted by molar-refractivity contribution is -0.140. The van der Waals surface area contributed by atoms with Crippen LogP contribution < -0.4 is 9.62 Å². The molecule has 2 fully saturated rings. The minimum Gasteiger partial charge on any atom is -0.481 e. The van der Waals surface area contributed by atoms with Crippen LogP contribution >= 0.6 is 0 Å². The zero-order chi connectivity index (χ0) is 15.7. The Bertz CT molecular complexity index is 655. The van der Waals surface area contributed by atoms with Crippen molar-refractivity contribution in [1.29, 1.82) is 0 Å². The number of rotatable bonds is 6. The number of carboxylic acid groups (broad SMARTS) is 1. The molecule has 2 aliphatic rings. The highest BCUT2D eigenvalue weighted by Crippen LogP contribution is 2.28. The van der Waals surface area contributed by atoms with Gasteiger partial charge in [0.25, 0.3) is 0 Å². The van der Waals surface area contributed by atoms with Gasteiger partial charge in [-0.25, -0.2) is 18.1 Å². The average molecular weight is 325 g/mol. The predicted molar refractivity (Wildman–Crippen MR) is 80.1 cm³/mol. The Morgan fingerprint density at radius 1 is 1.36 bits per heavy atom.